The maximum Gasteiger partial charge on any atom is 0.261 e. The van der Waals surface area contributed by atoms with Crippen molar-refractivity contribution >= 4 is 19.7 Å². The number of hydrogen-bond donors (Lipinski definition) is 0. The van der Waals surface area contributed by atoms with Gasteiger partial charge in [-0.1, -0.05) is 0 Å². The second-order valence-electron chi connectivity index (χ2n) is 4.90. The molecule has 21 heavy (non-hydrogen) atoms. The normalized spacial score (nSPS) is 16.3. The van der Waals surface area contributed by atoms with Crippen LogP contribution in [0.4, 0.5) is 8.78 Å². The Balaban J connectivity index is 1.93. The van der Waals surface area contributed by atoms with Gasteiger partial charge in [-0.25, -0.2) is 17.2 Å². The molecule has 1 aliphatic heterocycles. The average Bonchev–Trinajstić information content (AvgIpc) is 2.88. The quantitative estimate of drug-likeness (QED) is 0.590. The van der Waals surface area contributed by atoms with E-state index in [-0.39, 0.29) is 6.61 Å². The van der Waals surface area contributed by atoms with E-state index in [1.165, 1.54) is 12.8 Å². The van der Waals surface area contributed by atoms with Crippen LogP contribution in [0.2, 0.25) is 0 Å². The van der Waals surface area contributed by atoms with E-state index in [0.717, 1.165) is 19.6 Å². The molecule has 0 spiro atoms. The highest BCUT2D eigenvalue weighted by Gasteiger charge is 2.19. The summed E-state index contributed by atoms with van der Waals surface area (Å²) >= 11 is 0. The number of ether oxygens (including phenoxy) is 1. The summed E-state index contributed by atoms with van der Waals surface area (Å²) in [6.07, 6.45) is 3.01. The molecule has 118 valence electrons. The van der Waals surface area contributed by atoms with Crippen molar-refractivity contribution in [2.75, 3.05) is 26.2 Å². The highest BCUT2D eigenvalue weighted by molar-refractivity contribution is 8.13. The summed E-state index contributed by atoms with van der Waals surface area (Å²) in [5.74, 6) is -2.72. The van der Waals surface area contributed by atoms with Gasteiger partial charge in [0.2, 0.25) is 0 Å². The van der Waals surface area contributed by atoms with Gasteiger partial charge in [-0.15, -0.1) is 0 Å². The summed E-state index contributed by atoms with van der Waals surface area (Å²) in [5.41, 5.74) is 0. The van der Waals surface area contributed by atoms with Gasteiger partial charge >= 0.3 is 0 Å². The molecule has 0 radical (unpaired) electrons. The molecule has 1 aliphatic rings. The lowest BCUT2D eigenvalue weighted by atomic mass is 10.3. The van der Waals surface area contributed by atoms with Crippen molar-refractivity contribution in [3.63, 3.8) is 0 Å². The van der Waals surface area contributed by atoms with Crippen LogP contribution < -0.4 is 4.74 Å². The van der Waals surface area contributed by atoms with Crippen molar-refractivity contribution < 1.29 is 21.9 Å². The smallest absolute Gasteiger partial charge is 0.261 e. The standard InChI is InChI=1S/C13H16ClF2NO3S/c14-21(18,19)10-8-11(15)13(12(16)9-10)20-7-3-6-17-4-1-2-5-17/h8-9H,1-7H2. The minimum Gasteiger partial charge on any atom is -0.488 e. The molecule has 0 saturated carbocycles. The van der Waals surface area contributed by atoms with Crippen molar-refractivity contribution in [1.82, 2.24) is 4.90 Å². The lowest BCUT2D eigenvalue weighted by Crippen LogP contribution is -2.22. The largest absolute Gasteiger partial charge is 0.488 e. The first kappa shape index (κ1) is 16.5. The summed E-state index contributed by atoms with van der Waals surface area (Å²) in [6.45, 7) is 3.07. The van der Waals surface area contributed by atoms with Crippen LogP contribution in [0.3, 0.4) is 0 Å². The van der Waals surface area contributed by atoms with E-state index in [9.17, 15) is 17.2 Å². The molecule has 4 nitrogen and oxygen atoms in total. The maximum atomic E-state index is 13.7. The number of rotatable bonds is 6. The molecule has 1 aromatic rings. The van der Waals surface area contributed by atoms with E-state index in [2.05, 4.69) is 4.90 Å². The predicted octanol–water partition coefficient (Wildman–Crippen LogP) is 2.76. The minimum absolute atomic E-state index is 0.164. The van der Waals surface area contributed by atoms with Gasteiger partial charge in [-0.3, -0.25) is 0 Å². The molecule has 1 saturated heterocycles. The van der Waals surface area contributed by atoms with Gasteiger partial charge in [0.1, 0.15) is 0 Å². The van der Waals surface area contributed by atoms with E-state index in [0.29, 0.717) is 18.6 Å². The zero-order chi connectivity index (χ0) is 15.5. The molecule has 1 aromatic carbocycles. The predicted molar refractivity (Wildman–Crippen MR) is 75.2 cm³/mol. The maximum absolute atomic E-state index is 13.7. The molecule has 2 rings (SSSR count). The lowest BCUT2D eigenvalue weighted by molar-refractivity contribution is 0.246. The molecular weight excluding hydrogens is 324 g/mol. The van der Waals surface area contributed by atoms with E-state index >= 15 is 0 Å². The third-order valence-electron chi connectivity index (χ3n) is 3.32. The first-order valence-corrected chi connectivity index (χ1v) is 8.98. The van der Waals surface area contributed by atoms with Crippen LogP contribution in [0.5, 0.6) is 5.75 Å². The summed E-state index contributed by atoms with van der Waals surface area (Å²) in [7, 11) is 0.876. The number of halogens is 3. The number of hydrogen-bond acceptors (Lipinski definition) is 4. The summed E-state index contributed by atoms with van der Waals surface area (Å²) in [4.78, 5) is 1.64. The fraction of sp³-hybridized carbons (Fsp3) is 0.538. The van der Waals surface area contributed by atoms with Gasteiger partial charge in [0, 0.05) is 17.2 Å². The van der Waals surface area contributed by atoms with Crippen molar-refractivity contribution in [3.05, 3.63) is 23.8 Å². The molecule has 1 fully saturated rings. The van der Waals surface area contributed by atoms with Crippen LogP contribution in [-0.4, -0.2) is 39.6 Å². The molecule has 8 heteroatoms. The molecule has 0 bridgehead atoms. The Morgan fingerprint density at radius 1 is 1.19 bits per heavy atom. The second kappa shape index (κ2) is 6.89. The van der Waals surface area contributed by atoms with Crippen LogP contribution in [0.15, 0.2) is 17.0 Å². The zero-order valence-corrected chi connectivity index (χ0v) is 12.9. The van der Waals surface area contributed by atoms with Gasteiger partial charge in [0.25, 0.3) is 9.05 Å². The van der Waals surface area contributed by atoms with Crippen LogP contribution in [0.1, 0.15) is 19.3 Å². The SMILES string of the molecule is O=S(=O)(Cl)c1cc(F)c(OCCCN2CCCC2)c(F)c1. The van der Waals surface area contributed by atoms with Gasteiger partial charge < -0.3 is 9.64 Å². The van der Waals surface area contributed by atoms with E-state index in [1.807, 2.05) is 0 Å². The Morgan fingerprint density at radius 2 is 1.76 bits per heavy atom. The van der Waals surface area contributed by atoms with Crippen LogP contribution in [0.25, 0.3) is 0 Å². The Bertz CT molecular complexity index is 580. The minimum atomic E-state index is -4.17. The Labute approximate surface area is 127 Å². The van der Waals surface area contributed by atoms with Crippen LogP contribution >= 0.6 is 10.7 Å². The molecule has 0 atom stereocenters. The molecule has 0 aromatic heterocycles. The molecule has 1 heterocycles. The molecule has 0 unspecified atom stereocenters. The van der Waals surface area contributed by atoms with E-state index < -0.39 is 31.3 Å². The molecule has 0 amide bonds. The van der Waals surface area contributed by atoms with Gasteiger partial charge in [0.05, 0.1) is 11.5 Å². The summed E-state index contributed by atoms with van der Waals surface area (Å²) in [6, 6.07) is 1.31. The van der Waals surface area contributed by atoms with Crippen LogP contribution in [0, 0.1) is 11.6 Å². The Hall–Kier alpha value is -0.920. The third kappa shape index (κ3) is 4.52. The average molecular weight is 340 g/mol. The highest BCUT2D eigenvalue weighted by atomic mass is 35.7. The third-order valence-corrected chi connectivity index (χ3v) is 4.65. The summed E-state index contributed by atoms with van der Waals surface area (Å²) in [5, 5.41) is 0. The number of likely N-dealkylation sites (tertiary alicyclic amines) is 1. The monoisotopic (exact) mass is 339 g/mol. The lowest BCUT2D eigenvalue weighted by Gasteiger charge is -2.15. The zero-order valence-electron chi connectivity index (χ0n) is 11.3. The van der Waals surface area contributed by atoms with Crippen molar-refractivity contribution in [1.29, 1.82) is 0 Å². The van der Waals surface area contributed by atoms with Crippen molar-refractivity contribution in [2.45, 2.75) is 24.2 Å². The number of nitrogens with zero attached hydrogens (tertiary/aromatic N) is 1. The molecular formula is C13H16ClF2NO3S. The molecule has 0 aliphatic carbocycles. The Kier molecular flexibility index (Phi) is 5.40. The Morgan fingerprint density at radius 3 is 2.29 bits per heavy atom. The fourth-order valence-electron chi connectivity index (χ4n) is 2.28. The topological polar surface area (TPSA) is 46.6 Å². The molecule has 0 N–H and O–H groups in total. The second-order valence-corrected chi connectivity index (χ2v) is 7.47. The van der Waals surface area contributed by atoms with E-state index in [4.69, 9.17) is 15.4 Å². The summed E-state index contributed by atoms with van der Waals surface area (Å²) < 4.78 is 54.5. The first-order valence-electron chi connectivity index (χ1n) is 6.67. The highest BCUT2D eigenvalue weighted by Crippen LogP contribution is 2.27. The van der Waals surface area contributed by atoms with Gasteiger partial charge in [-0.05, 0) is 44.5 Å². The van der Waals surface area contributed by atoms with Crippen molar-refractivity contribution in [2.24, 2.45) is 0 Å². The number of benzene rings is 1. The van der Waals surface area contributed by atoms with Gasteiger partial charge in [0.15, 0.2) is 17.4 Å². The van der Waals surface area contributed by atoms with Crippen molar-refractivity contribution in [3.8, 4) is 5.75 Å². The van der Waals surface area contributed by atoms with Crippen LogP contribution in [-0.2, 0) is 9.05 Å². The van der Waals surface area contributed by atoms with E-state index in [1.54, 1.807) is 0 Å². The first-order chi connectivity index (χ1) is 9.88. The van der Waals surface area contributed by atoms with Gasteiger partial charge in [-0.2, -0.15) is 0 Å². The fourth-order valence-corrected chi connectivity index (χ4v) is 3.04.